The maximum absolute atomic E-state index is 12.9. The first-order valence-corrected chi connectivity index (χ1v) is 6.41. The van der Waals surface area contributed by atoms with Crippen molar-refractivity contribution in [2.24, 2.45) is 0 Å². The van der Waals surface area contributed by atoms with E-state index in [1.54, 1.807) is 20.8 Å². The van der Waals surface area contributed by atoms with Crippen LogP contribution in [0.1, 0.15) is 31.1 Å². The largest absolute Gasteiger partial charge is 0.478 e. The van der Waals surface area contributed by atoms with E-state index in [2.05, 4.69) is 4.98 Å². The summed E-state index contributed by atoms with van der Waals surface area (Å²) in [6.07, 6.45) is 0.907. The summed E-state index contributed by atoms with van der Waals surface area (Å²) in [6, 6.07) is 0.868. The molecule has 0 spiro atoms. The average molecular weight is 287 g/mol. The minimum Gasteiger partial charge on any atom is -0.478 e. The standard InChI is InChI=1S/C12H14FNO4S/c1-12(2,3)18-9(15)6-19-10-8(11(16)17)4-7(13)5-14-10/h4-5H,6H2,1-3H3,(H,16,17). The van der Waals surface area contributed by atoms with E-state index in [-0.39, 0.29) is 16.3 Å². The van der Waals surface area contributed by atoms with Crippen LogP contribution in [0.4, 0.5) is 4.39 Å². The third kappa shape index (κ3) is 5.25. The monoisotopic (exact) mass is 287 g/mol. The number of aromatic carboxylic acids is 1. The SMILES string of the molecule is CC(C)(C)OC(=O)CSc1ncc(F)cc1C(=O)O. The lowest BCUT2D eigenvalue weighted by Gasteiger charge is -2.19. The van der Waals surface area contributed by atoms with Gasteiger partial charge in [0.25, 0.3) is 0 Å². The predicted octanol–water partition coefficient (Wildman–Crippen LogP) is 2.35. The Balaban J connectivity index is 2.73. The second kappa shape index (κ2) is 6.01. The highest BCUT2D eigenvalue weighted by atomic mass is 32.2. The van der Waals surface area contributed by atoms with Crippen molar-refractivity contribution in [2.75, 3.05) is 5.75 Å². The van der Waals surface area contributed by atoms with Gasteiger partial charge in [0.15, 0.2) is 0 Å². The van der Waals surface area contributed by atoms with Gasteiger partial charge in [-0.05, 0) is 26.8 Å². The van der Waals surface area contributed by atoms with Crippen molar-refractivity contribution in [3.05, 3.63) is 23.6 Å². The lowest BCUT2D eigenvalue weighted by molar-refractivity contribution is -0.151. The number of thioether (sulfide) groups is 1. The Bertz CT molecular complexity index is 499. The van der Waals surface area contributed by atoms with Crippen molar-refractivity contribution in [2.45, 2.75) is 31.4 Å². The van der Waals surface area contributed by atoms with Crippen molar-refractivity contribution >= 4 is 23.7 Å². The van der Waals surface area contributed by atoms with Crippen LogP contribution in [0.5, 0.6) is 0 Å². The molecule has 1 rings (SSSR count). The van der Waals surface area contributed by atoms with E-state index in [0.29, 0.717) is 0 Å². The molecule has 1 aromatic heterocycles. The summed E-state index contributed by atoms with van der Waals surface area (Å²) in [4.78, 5) is 26.1. The molecule has 0 aromatic carbocycles. The van der Waals surface area contributed by atoms with E-state index >= 15 is 0 Å². The molecular weight excluding hydrogens is 273 g/mol. The van der Waals surface area contributed by atoms with E-state index in [0.717, 1.165) is 24.0 Å². The number of ether oxygens (including phenoxy) is 1. The zero-order valence-corrected chi connectivity index (χ0v) is 11.6. The van der Waals surface area contributed by atoms with Crippen LogP contribution in [0, 0.1) is 5.82 Å². The number of carbonyl (C=O) groups excluding carboxylic acids is 1. The van der Waals surface area contributed by atoms with Crippen molar-refractivity contribution in [3.63, 3.8) is 0 Å². The molecule has 104 valence electrons. The van der Waals surface area contributed by atoms with Crippen molar-refractivity contribution < 1.29 is 23.8 Å². The number of hydrogen-bond donors (Lipinski definition) is 1. The van der Waals surface area contributed by atoms with Crippen LogP contribution in [-0.4, -0.2) is 33.4 Å². The molecule has 19 heavy (non-hydrogen) atoms. The highest BCUT2D eigenvalue weighted by Gasteiger charge is 2.19. The molecule has 0 aliphatic heterocycles. The molecule has 0 radical (unpaired) electrons. The normalized spacial score (nSPS) is 11.2. The van der Waals surface area contributed by atoms with Crippen LogP contribution in [0.3, 0.4) is 0 Å². The number of carboxylic acid groups (broad SMARTS) is 1. The van der Waals surface area contributed by atoms with Gasteiger partial charge in [-0.3, -0.25) is 4.79 Å². The molecule has 1 heterocycles. The van der Waals surface area contributed by atoms with Gasteiger partial charge in [0.05, 0.1) is 17.5 Å². The van der Waals surface area contributed by atoms with Gasteiger partial charge in [-0.15, -0.1) is 0 Å². The first-order chi connectivity index (χ1) is 8.69. The Morgan fingerprint density at radius 1 is 1.47 bits per heavy atom. The second-order valence-corrected chi connectivity index (χ2v) is 5.65. The number of pyridine rings is 1. The lowest BCUT2D eigenvalue weighted by Crippen LogP contribution is -2.25. The number of halogens is 1. The molecule has 0 fully saturated rings. The molecule has 0 saturated carbocycles. The van der Waals surface area contributed by atoms with Gasteiger partial charge in [0.1, 0.15) is 16.4 Å². The quantitative estimate of drug-likeness (QED) is 0.676. The number of carboxylic acids is 1. The van der Waals surface area contributed by atoms with Gasteiger partial charge < -0.3 is 9.84 Å². The maximum atomic E-state index is 12.9. The van der Waals surface area contributed by atoms with E-state index in [9.17, 15) is 14.0 Å². The Labute approximate surface area is 114 Å². The highest BCUT2D eigenvalue weighted by Crippen LogP contribution is 2.22. The number of carbonyl (C=O) groups is 2. The predicted molar refractivity (Wildman–Crippen MR) is 67.7 cm³/mol. The van der Waals surface area contributed by atoms with Crippen molar-refractivity contribution in [1.29, 1.82) is 0 Å². The van der Waals surface area contributed by atoms with E-state index in [1.807, 2.05) is 0 Å². The van der Waals surface area contributed by atoms with Crippen LogP contribution in [0.25, 0.3) is 0 Å². The number of aromatic nitrogens is 1. The zero-order chi connectivity index (χ0) is 14.6. The minimum absolute atomic E-state index is 0.0831. The topological polar surface area (TPSA) is 76.5 Å². The van der Waals surface area contributed by atoms with Crippen molar-refractivity contribution in [3.8, 4) is 0 Å². The summed E-state index contributed by atoms with van der Waals surface area (Å²) in [5, 5.41) is 8.99. The van der Waals surface area contributed by atoms with Crippen LogP contribution in [0.15, 0.2) is 17.3 Å². The summed E-state index contributed by atoms with van der Waals surface area (Å²) in [6.45, 7) is 5.19. The molecule has 0 aliphatic carbocycles. The highest BCUT2D eigenvalue weighted by molar-refractivity contribution is 8.00. The van der Waals surface area contributed by atoms with Crippen molar-refractivity contribution in [1.82, 2.24) is 4.98 Å². The number of esters is 1. The van der Waals surface area contributed by atoms with Gasteiger partial charge in [0.2, 0.25) is 0 Å². The maximum Gasteiger partial charge on any atom is 0.338 e. The molecule has 1 N–H and O–H groups in total. The summed E-state index contributed by atoms with van der Waals surface area (Å²) in [7, 11) is 0. The van der Waals surface area contributed by atoms with E-state index in [1.165, 1.54) is 0 Å². The fraction of sp³-hybridized carbons (Fsp3) is 0.417. The Hall–Kier alpha value is -1.63. The molecule has 5 nitrogen and oxygen atoms in total. The fourth-order valence-electron chi connectivity index (χ4n) is 1.19. The van der Waals surface area contributed by atoms with Gasteiger partial charge in [0, 0.05) is 0 Å². The lowest BCUT2D eigenvalue weighted by atomic mass is 10.2. The zero-order valence-electron chi connectivity index (χ0n) is 10.8. The second-order valence-electron chi connectivity index (χ2n) is 4.69. The molecule has 0 unspecified atom stereocenters. The average Bonchev–Trinajstić information content (AvgIpc) is 2.24. The Kier molecular flexibility index (Phi) is 4.88. The van der Waals surface area contributed by atoms with Gasteiger partial charge in [-0.2, -0.15) is 0 Å². The molecular formula is C12H14FNO4S. The summed E-state index contributed by atoms with van der Waals surface area (Å²) in [5.41, 5.74) is -0.877. The van der Waals surface area contributed by atoms with Crippen LogP contribution in [0.2, 0.25) is 0 Å². The third-order valence-corrected chi connectivity index (χ3v) is 2.77. The van der Waals surface area contributed by atoms with Crippen LogP contribution in [-0.2, 0) is 9.53 Å². The summed E-state index contributed by atoms with van der Waals surface area (Å²) < 4.78 is 18.0. The molecule has 0 aliphatic rings. The van der Waals surface area contributed by atoms with Crippen LogP contribution >= 0.6 is 11.8 Å². The van der Waals surface area contributed by atoms with E-state index in [4.69, 9.17) is 9.84 Å². The minimum atomic E-state index is -1.29. The van der Waals surface area contributed by atoms with E-state index < -0.39 is 23.4 Å². The molecule has 0 amide bonds. The van der Waals surface area contributed by atoms with Gasteiger partial charge >= 0.3 is 11.9 Å². The summed E-state index contributed by atoms with van der Waals surface area (Å²) >= 11 is 0.900. The first kappa shape index (κ1) is 15.4. The Morgan fingerprint density at radius 3 is 2.63 bits per heavy atom. The summed E-state index contributed by atoms with van der Waals surface area (Å²) in [5.74, 6) is -2.60. The smallest absolute Gasteiger partial charge is 0.338 e. The molecule has 7 heteroatoms. The number of nitrogens with zero attached hydrogens (tertiary/aromatic N) is 1. The molecule has 0 bridgehead atoms. The molecule has 1 aromatic rings. The molecule has 0 saturated heterocycles. The Morgan fingerprint density at radius 2 is 2.11 bits per heavy atom. The van der Waals surface area contributed by atoms with Crippen LogP contribution < -0.4 is 0 Å². The fourth-order valence-corrected chi connectivity index (χ4v) is 1.94. The number of hydrogen-bond acceptors (Lipinski definition) is 5. The van der Waals surface area contributed by atoms with Gasteiger partial charge in [-0.25, -0.2) is 14.2 Å². The molecule has 0 atom stereocenters. The first-order valence-electron chi connectivity index (χ1n) is 5.42. The third-order valence-electron chi connectivity index (χ3n) is 1.79. The van der Waals surface area contributed by atoms with Gasteiger partial charge in [-0.1, -0.05) is 11.8 Å². The number of rotatable bonds is 4.